The van der Waals surface area contributed by atoms with Gasteiger partial charge in [-0.3, -0.25) is 4.90 Å². The van der Waals surface area contributed by atoms with Crippen molar-refractivity contribution < 1.29 is 9.90 Å². The highest BCUT2D eigenvalue weighted by atomic mass is 35.5. The van der Waals surface area contributed by atoms with Gasteiger partial charge in [0, 0.05) is 42.3 Å². The Morgan fingerprint density at radius 3 is 2.33 bits per heavy atom. The molecule has 0 aromatic heterocycles. The number of carboxylic acid groups (broad SMARTS) is 1. The standard InChI is InChI=1S/C15H20Cl2N2O2/c1-2-19(15(20)21)14-3-5-18(6-4-14)10-11-7-12(16)9-13(17)8-11/h7-9,14H,2-6,10H2,1H3,(H,20,21). The first-order chi connectivity index (χ1) is 9.99. The van der Waals surface area contributed by atoms with Gasteiger partial charge < -0.3 is 10.0 Å². The number of piperidine rings is 1. The lowest BCUT2D eigenvalue weighted by Crippen LogP contribution is -2.46. The van der Waals surface area contributed by atoms with Gasteiger partial charge in [-0.05, 0) is 43.5 Å². The second-order valence-electron chi connectivity index (χ2n) is 5.35. The van der Waals surface area contributed by atoms with Crippen LogP contribution in [-0.4, -0.2) is 46.7 Å². The van der Waals surface area contributed by atoms with Crippen LogP contribution >= 0.6 is 23.2 Å². The molecule has 1 aliphatic heterocycles. The van der Waals surface area contributed by atoms with Crippen molar-refractivity contribution in [1.29, 1.82) is 0 Å². The summed E-state index contributed by atoms with van der Waals surface area (Å²) in [4.78, 5) is 15.0. The van der Waals surface area contributed by atoms with Crippen molar-refractivity contribution in [1.82, 2.24) is 9.80 Å². The summed E-state index contributed by atoms with van der Waals surface area (Å²) >= 11 is 12.0. The first-order valence-corrected chi connectivity index (χ1v) is 7.92. The molecule has 0 radical (unpaired) electrons. The first kappa shape index (κ1) is 16.4. The van der Waals surface area contributed by atoms with Gasteiger partial charge in [0.15, 0.2) is 0 Å². The van der Waals surface area contributed by atoms with Crippen molar-refractivity contribution in [2.45, 2.75) is 32.4 Å². The number of halogens is 2. The van der Waals surface area contributed by atoms with E-state index in [9.17, 15) is 9.90 Å². The van der Waals surface area contributed by atoms with E-state index >= 15 is 0 Å². The Labute approximate surface area is 135 Å². The molecule has 21 heavy (non-hydrogen) atoms. The second-order valence-corrected chi connectivity index (χ2v) is 6.23. The minimum Gasteiger partial charge on any atom is -0.465 e. The summed E-state index contributed by atoms with van der Waals surface area (Å²) in [6.07, 6.45) is 0.917. The highest BCUT2D eigenvalue weighted by Gasteiger charge is 2.26. The molecule has 116 valence electrons. The number of carbonyl (C=O) groups is 1. The Morgan fingerprint density at radius 2 is 1.86 bits per heavy atom. The van der Waals surface area contributed by atoms with Gasteiger partial charge in [-0.15, -0.1) is 0 Å². The molecule has 0 atom stereocenters. The molecular formula is C15H20Cl2N2O2. The Balaban J connectivity index is 1.90. The van der Waals surface area contributed by atoms with Crippen LogP contribution in [0.4, 0.5) is 4.79 Å². The lowest BCUT2D eigenvalue weighted by Gasteiger charge is -2.36. The lowest BCUT2D eigenvalue weighted by atomic mass is 10.0. The van der Waals surface area contributed by atoms with Gasteiger partial charge in [-0.2, -0.15) is 0 Å². The van der Waals surface area contributed by atoms with Crippen molar-refractivity contribution in [3.63, 3.8) is 0 Å². The third-order valence-electron chi connectivity index (χ3n) is 3.91. The normalized spacial score (nSPS) is 16.9. The number of nitrogens with zero attached hydrogens (tertiary/aromatic N) is 2. The van der Waals surface area contributed by atoms with Gasteiger partial charge in [0.2, 0.25) is 0 Å². The molecule has 1 heterocycles. The van der Waals surface area contributed by atoms with E-state index in [1.807, 2.05) is 19.1 Å². The zero-order valence-electron chi connectivity index (χ0n) is 12.1. The van der Waals surface area contributed by atoms with E-state index < -0.39 is 6.09 Å². The third kappa shape index (κ3) is 4.50. The zero-order valence-corrected chi connectivity index (χ0v) is 13.6. The van der Waals surface area contributed by atoms with Crippen LogP contribution in [0.1, 0.15) is 25.3 Å². The van der Waals surface area contributed by atoms with E-state index in [4.69, 9.17) is 23.2 Å². The van der Waals surface area contributed by atoms with E-state index in [2.05, 4.69) is 4.90 Å². The molecule has 1 aliphatic rings. The number of amides is 1. The lowest BCUT2D eigenvalue weighted by molar-refractivity contribution is 0.0917. The molecule has 0 spiro atoms. The van der Waals surface area contributed by atoms with Crippen LogP contribution < -0.4 is 0 Å². The van der Waals surface area contributed by atoms with Crippen LogP contribution in [0, 0.1) is 0 Å². The van der Waals surface area contributed by atoms with Crippen molar-refractivity contribution in [3.05, 3.63) is 33.8 Å². The van der Waals surface area contributed by atoms with E-state index in [0.29, 0.717) is 16.6 Å². The van der Waals surface area contributed by atoms with Crippen molar-refractivity contribution in [2.24, 2.45) is 0 Å². The molecule has 2 rings (SSSR count). The van der Waals surface area contributed by atoms with Gasteiger partial charge >= 0.3 is 6.09 Å². The van der Waals surface area contributed by atoms with E-state index in [-0.39, 0.29) is 6.04 Å². The fraction of sp³-hybridized carbons (Fsp3) is 0.533. The summed E-state index contributed by atoms with van der Waals surface area (Å²) in [5.74, 6) is 0. The number of rotatable bonds is 4. The third-order valence-corrected chi connectivity index (χ3v) is 4.35. The average molecular weight is 331 g/mol. The molecule has 0 saturated carbocycles. The largest absolute Gasteiger partial charge is 0.465 e. The monoisotopic (exact) mass is 330 g/mol. The van der Waals surface area contributed by atoms with Crippen LogP contribution in [0.25, 0.3) is 0 Å². The number of likely N-dealkylation sites (tertiary alicyclic amines) is 1. The van der Waals surface area contributed by atoms with Crippen LogP contribution in [-0.2, 0) is 6.54 Å². The molecule has 1 amide bonds. The molecule has 6 heteroatoms. The average Bonchev–Trinajstić information content (AvgIpc) is 2.40. The van der Waals surface area contributed by atoms with Crippen LogP contribution in [0.3, 0.4) is 0 Å². The summed E-state index contributed by atoms with van der Waals surface area (Å²) in [5, 5.41) is 10.5. The summed E-state index contributed by atoms with van der Waals surface area (Å²) in [5.41, 5.74) is 1.09. The summed E-state index contributed by atoms with van der Waals surface area (Å²) in [6.45, 7) is 5.00. The van der Waals surface area contributed by atoms with E-state index in [0.717, 1.165) is 38.0 Å². The van der Waals surface area contributed by atoms with Gasteiger partial charge in [0.25, 0.3) is 0 Å². The van der Waals surface area contributed by atoms with Crippen molar-refractivity contribution in [3.8, 4) is 0 Å². The van der Waals surface area contributed by atoms with Crippen molar-refractivity contribution in [2.75, 3.05) is 19.6 Å². The maximum atomic E-state index is 11.2. The van der Waals surface area contributed by atoms with Crippen LogP contribution in [0.2, 0.25) is 10.0 Å². The quantitative estimate of drug-likeness (QED) is 0.908. The Morgan fingerprint density at radius 1 is 1.29 bits per heavy atom. The Hall–Kier alpha value is -0.970. The molecule has 4 nitrogen and oxygen atoms in total. The zero-order chi connectivity index (χ0) is 15.4. The van der Waals surface area contributed by atoms with Gasteiger partial charge in [0.1, 0.15) is 0 Å². The molecular weight excluding hydrogens is 311 g/mol. The Kier molecular flexibility index (Phi) is 5.73. The number of benzene rings is 1. The molecule has 1 fully saturated rings. The van der Waals surface area contributed by atoms with Gasteiger partial charge in [-0.1, -0.05) is 23.2 Å². The highest BCUT2D eigenvalue weighted by molar-refractivity contribution is 6.34. The maximum Gasteiger partial charge on any atom is 0.407 e. The minimum absolute atomic E-state index is 0.131. The predicted molar refractivity (Wildman–Crippen MR) is 85.2 cm³/mol. The molecule has 0 aliphatic carbocycles. The smallest absolute Gasteiger partial charge is 0.407 e. The maximum absolute atomic E-state index is 11.2. The highest BCUT2D eigenvalue weighted by Crippen LogP contribution is 2.22. The molecule has 0 unspecified atom stereocenters. The molecule has 1 N–H and O–H groups in total. The topological polar surface area (TPSA) is 43.8 Å². The molecule has 1 saturated heterocycles. The number of hydrogen-bond acceptors (Lipinski definition) is 2. The van der Waals surface area contributed by atoms with E-state index in [1.165, 1.54) is 4.90 Å². The minimum atomic E-state index is -0.822. The summed E-state index contributed by atoms with van der Waals surface area (Å²) in [7, 11) is 0. The number of hydrogen-bond donors (Lipinski definition) is 1. The summed E-state index contributed by atoms with van der Waals surface area (Å²) < 4.78 is 0. The van der Waals surface area contributed by atoms with Crippen LogP contribution in [0.5, 0.6) is 0 Å². The van der Waals surface area contributed by atoms with Gasteiger partial charge in [0.05, 0.1) is 0 Å². The second kappa shape index (κ2) is 7.34. The fourth-order valence-electron chi connectivity index (χ4n) is 2.90. The van der Waals surface area contributed by atoms with Crippen molar-refractivity contribution >= 4 is 29.3 Å². The fourth-order valence-corrected chi connectivity index (χ4v) is 3.47. The molecule has 0 bridgehead atoms. The molecule has 1 aromatic carbocycles. The molecule has 1 aromatic rings. The van der Waals surface area contributed by atoms with Crippen LogP contribution in [0.15, 0.2) is 18.2 Å². The summed E-state index contributed by atoms with van der Waals surface area (Å²) in [6, 6.07) is 5.71. The predicted octanol–water partition coefficient (Wildman–Crippen LogP) is 3.96. The van der Waals surface area contributed by atoms with Gasteiger partial charge in [-0.25, -0.2) is 4.79 Å². The first-order valence-electron chi connectivity index (χ1n) is 7.16. The SMILES string of the molecule is CCN(C(=O)O)C1CCN(Cc2cc(Cl)cc(Cl)c2)CC1. The Bertz CT molecular complexity index is 482. The van der Waals surface area contributed by atoms with E-state index in [1.54, 1.807) is 6.07 Å².